The molecule has 0 heterocycles. The first-order chi connectivity index (χ1) is 6.33. The van der Waals surface area contributed by atoms with Crippen LogP contribution in [0.4, 0.5) is 5.69 Å². The highest BCUT2D eigenvalue weighted by Gasteiger charge is 2.03. The molecule has 0 atom stereocenters. The SMILES string of the molecule is Cc1ccc2ccccc2c1[NH2+][O-]. The molecule has 0 unspecified atom stereocenters. The van der Waals surface area contributed by atoms with Crippen LogP contribution in [0.3, 0.4) is 0 Å². The highest BCUT2D eigenvalue weighted by Crippen LogP contribution is 2.22. The van der Waals surface area contributed by atoms with Crippen molar-refractivity contribution in [3.63, 3.8) is 0 Å². The quantitative estimate of drug-likeness (QED) is 0.518. The van der Waals surface area contributed by atoms with Crippen LogP contribution in [-0.4, -0.2) is 0 Å². The number of benzene rings is 2. The minimum absolute atomic E-state index is 0.804. The Morgan fingerprint density at radius 3 is 2.62 bits per heavy atom. The average Bonchev–Trinajstić information content (AvgIpc) is 2.18. The zero-order valence-electron chi connectivity index (χ0n) is 7.45. The molecular weight excluding hydrogens is 162 g/mol. The van der Waals surface area contributed by atoms with Gasteiger partial charge in [0.15, 0.2) is 0 Å². The van der Waals surface area contributed by atoms with E-state index < -0.39 is 0 Å². The largest absolute Gasteiger partial charge is 0.630 e. The molecule has 0 bridgehead atoms. The van der Waals surface area contributed by atoms with Crippen LogP contribution in [0, 0.1) is 12.1 Å². The summed E-state index contributed by atoms with van der Waals surface area (Å²) < 4.78 is 0. The first-order valence-electron chi connectivity index (χ1n) is 4.26. The number of rotatable bonds is 1. The van der Waals surface area contributed by atoms with E-state index in [1.54, 1.807) is 0 Å². The van der Waals surface area contributed by atoms with Gasteiger partial charge in [0.1, 0.15) is 5.69 Å². The van der Waals surface area contributed by atoms with E-state index >= 15 is 0 Å². The second kappa shape index (κ2) is 3.17. The van der Waals surface area contributed by atoms with Gasteiger partial charge in [-0.15, -0.1) is 0 Å². The molecule has 66 valence electrons. The molecule has 0 saturated carbocycles. The first-order valence-corrected chi connectivity index (χ1v) is 4.26. The van der Waals surface area contributed by atoms with Crippen molar-refractivity contribution in [3.05, 3.63) is 47.2 Å². The van der Waals surface area contributed by atoms with Crippen LogP contribution in [0.15, 0.2) is 36.4 Å². The van der Waals surface area contributed by atoms with Crippen LogP contribution >= 0.6 is 0 Å². The fourth-order valence-electron chi connectivity index (χ4n) is 1.56. The Labute approximate surface area is 76.8 Å². The first kappa shape index (κ1) is 8.23. The summed E-state index contributed by atoms with van der Waals surface area (Å²) >= 11 is 0. The third-order valence-corrected chi connectivity index (χ3v) is 2.31. The van der Waals surface area contributed by atoms with Gasteiger partial charge in [-0.05, 0) is 18.4 Å². The maximum Gasteiger partial charge on any atom is 0.140 e. The van der Waals surface area contributed by atoms with E-state index in [-0.39, 0.29) is 0 Å². The zero-order valence-corrected chi connectivity index (χ0v) is 7.45. The summed E-state index contributed by atoms with van der Waals surface area (Å²) in [5, 5.41) is 13.0. The van der Waals surface area contributed by atoms with Crippen LogP contribution in [-0.2, 0) is 0 Å². The van der Waals surface area contributed by atoms with Crippen molar-refractivity contribution in [2.75, 3.05) is 0 Å². The van der Waals surface area contributed by atoms with Crippen LogP contribution in [0.1, 0.15) is 5.56 Å². The Balaban J connectivity index is 2.84. The van der Waals surface area contributed by atoms with Gasteiger partial charge in [-0.25, -0.2) is 0 Å². The van der Waals surface area contributed by atoms with Gasteiger partial charge in [-0.1, -0.05) is 30.3 Å². The molecule has 2 heteroatoms. The monoisotopic (exact) mass is 173 g/mol. The summed E-state index contributed by atoms with van der Waals surface area (Å²) in [7, 11) is 0. The van der Waals surface area contributed by atoms with Crippen LogP contribution in [0.5, 0.6) is 0 Å². The van der Waals surface area contributed by atoms with E-state index in [0.29, 0.717) is 0 Å². The van der Waals surface area contributed by atoms with Gasteiger partial charge in [-0.2, -0.15) is 0 Å². The van der Waals surface area contributed by atoms with Gasteiger partial charge in [0.2, 0.25) is 0 Å². The summed E-state index contributed by atoms with van der Waals surface area (Å²) in [6.07, 6.45) is 0. The van der Waals surface area contributed by atoms with Crippen molar-refractivity contribution >= 4 is 16.5 Å². The Kier molecular flexibility index (Phi) is 2.00. The third-order valence-electron chi connectivity index (χ3n) is 2.31. The van der Waals surface area contributed by atoms with Gasteiger partial charge in [0.05, 0.1) is 0 Å². The molecule has 2 nitrogen and oxygen atoms in total. The lowest BCUT2D eigenvalue weighted by molar-refractivity contribution is -0.495. The van der Waals surface area contributed by atoms with Crippen molar-refractivity contribution in [1.82, 2.24) is 0 Å². The summed E-state index contributed by atoms with van der Waals surface area (Å²) in [5.41, 5.74) is 2.77. The number of nitrogens with two attached hydrogens (primary N) is 1. The predicted octanol–water partition coefficient (Wildman–Crippen LogP) is 1.84. The topological polar surface area (TPSA) is 39.7 Å². The van der Waals surface area contributed by atoms with Crippen LogP contribution in [0.25, 0.3) is 10.8 Å². The number of hydrogen-bond donors (Lipinski definition) is 1. The minimum Gasteiger partial charge on any atom is -0.630 e. The fraction of sp³-hybridized carbons (Fsp3) is 0.0909. The maximum absolute atomic E-state index is 10.8. The van der Waals surface area contributed by atoms with Gasteiger partial charge in [0, 0.05) is 10.9 Å². The third kappa shape index (κ3) is 1.30. The molecule has 0 aromatic heterocycles. The van der Waals surface area contributed by atoms with Gasteiger partial charge in [0.25, 0.3) is 0 Å². The number of quaternary nitrogens is 1. The molecule has 0 amide bonds. The van der Waals surface area contributed by atoms with E-state index in [0.717, 1.165) is 27.5 Å². The van der Waals surface area contributed by atoms with Crippen molar-refractivity contribution in [3.8, 4) is 0 Å². The molecule has 2 N–H and O–H groups in total. The van der Waals surface area contributed by atoms with Gasteiger partial charge >= 0.3 is 0 Å². The minimum atomic E-state index is 0.804. The Bertz CT molecular complexity index is 437. The standard InChI is InChI=1S/C11H11NO/c1-8-6-7-9-4-2-3-5-10(9)11(8)12-13/h2-7H,12H2,1H3. The summed E-state index contributed by atoms with van der Waals surface area (Å²) in [6.45, 7) is 1.95. The molecule has 13 heavy (non-hydrogen) atoms. The summed E-state index contributed by atoms with van der Waals surface area (Å²) in [4.78, 5) is 0. The lowest BCUT2D eigenvalue weighted by Crippen LogP contribution is -2.70. The smallest absolute Gasteiger partial charge is 0.140 e. The molecule has 0 fully saturated rings. The van der Waals surface area contributed by atoms with E-state index in [2.05, 4.69) is 0 Å². The lowest BCUT2D eigenvalue weighted by Gasteiger charge is -2.08. The van der Waals surface area contributed by atoms with Gasteiger partial charge in [-0.3, -0.25) is 0 Å². The molecule has 0 aliphatic carbocycles. The fourth-order valence-corrected chi connectivity index (χ4v) is 1.56. The van der Waals surface area contributed by atoms with Crippen molar-refractivity contribution < 1.29 is 5.48 Å². The second-order valence-electron chi connectivity index (χ2n) is 3.14. The van der Waals surface area contributed by atoms with E-state index in [1.807, 2.05) is 43.3 Å². The maximum atomic E-state index is 10.8. The van der Waals surface area contributed by atoms with E-state index in [9.17, 15) is 5.21 Å². The lowest BCUT2D eigenvalue weighted by atomic mass is 10.1. The molecule has 0 aliphatic rings. The molecule has 2 aromatic rings. The number of fused-ring (bicyclic) bond motifs is 1. The van der Waals surface area contributed by atoms with E-state index in [1.165, 1.54) is 0 Å². The average molecular weight is 173 g/mol. The zero-order chi connectivity index (χ0) is 9.26. The molecule has 0 aliphatic heterocycles. The predicted molar refractivity (Wildman–Crippen MR) is 53.6 cm³/mol. The van der Waals surface area contributed by atoms with Crippen LogP contribution in [0.2, 0.25) is 0 Å². The van der Waals surface area contributed by atoms with Crippen molar-refractivity contribution in [2.45, 2.75) is 6.92 Å². The summed E-state index contributed by atoms with van der Waals surface area (Å²) in [6, 6.07) is 11.9. The normalized spacial score (nSPS) is 10.6. The Morgan fingerprint density at radius 1 is 1.08 bits per heavy atom. The molecule has 0 radical (unpaired) electrons. The Hall–Kier alpha value is -1.38. The van der Waals surface area contributed by atoms with Crippen molar-refractivity contribution in [2.24, 2.45) is 0 Å². The van der Waals surface area contributed by atoms with Crippen LogP contribution < -0.4 is 5.48 Å². The van der Waals surface area contributed by atoms with Gasteiger partial charge < -0.3 is 10.7 Å². The summed E-state index contributed by atoms with van der Waals surface area (Å²) in [5.74, 6) is 0. The van der Waals surface area contributed by atoms with Crippen molar-refractivity contribution in [1.29, 1.82) is 0 Å². The Morgan fingerprint density at radius 2 is 1.85 bits per heavy atom. The molecule has 0 spiro atoms. The molecule has 0 saturated heterocycles. The molecule has 2 aromatic carbocycles. The molecular formula is C11H11NO. The number of hydrogen-bond acceptors (Lipinski definition) is 1. The highest BCUT2D eigenvalue weighted by atomic mass is 16.5. The highest BCUT2D eigenvalue weighted by molar-refractivity contribution is 5.91. The second-order valence-corrected chi connectivity index (χ2v) is 3.14. The van der Waals surface area contributed by atoms with E-state index in [4.69, 9.17) is 0 Å². The molecule has 2 rings (SSSR count). The number of aryl methyl sites for hydroxylation is 1.